The molecule has 0 saturated heterocycles. The zero-order chi connectivity index (χ0) is 14.3. The van der Waals surface area contributed by atoms with Gasteiger partial charge in [0.15, 0.2) is 0 Å². The molecule has 1 N–H and O–H groups in total. The van der Waals surface area contributed by atoms with E-state index in [1.165, 1.54) is 0 Å². The van der Waals surface area contributed by atoms with E-state index in [0.717, 1.165) is 4.60 Å². The number of carbonyl (C=O) groups excluding carboxylic acids is 1. The molecule has 1 aromatic rings. The van der Waals surface area contributed by atoms with E-state index >= 15 is 0 Å². The fraction of sp³-hybridized carbons (Fsp3) is 0.538. The Kier molecular flexibility index (Phi) is 6.08. The first-order valence-corrected chi connectivity index (χ1v) is 6.88. The van der Waals surface area contributed by atoms with Gasteiger partial charge in [-0.2, -0.15) is 0 Å². The Bertz CT molecular complexity index is 419. The van der Waals surface area contributed by atoms with Gasteiger partial charge in [0, 0.05) is 12.6 Å². The molecule has 106 valence electrons. The zero-order valence-corrected chi connectivity index (χ0v) is 13.0. The predicted molar refractivity (Wildman–Crippen MR) is 76.3 cm³/mol. The monoisotopic (exact) mass is 330 g/mol. The summed E-state index contributed by atoms with van der Waals surface area (Å²) < 4.78 is 11.3. The van der Waals surface area contributed by atoms with Crippen LogP contribution >= 0.6 is 15.9 Å². The predicted octanol–water partition coefficient (Wildman–Crippen LogP) is 3.14. The molecule has 6 heteroatoms. The number of alkyl carbamates (subject to hydrolysis) is 1. The van der Waals surface area contributed by atoms with Crippen LogP contribution in [0, 0.1) is 0 Å². The van der Waals surface area contributed by atoms with Crippen molar-refractivity contribution in [3.05, 3.63) is 22.8 Å². The van der Waals surface area contributed by atoms with Crippen molar-refractivity contribution in [3.63, 3.8) is 0 Å². The summed E-state index contributed by atoms with van der Waals surface area (Å²) >= 11 is 3.27. The number of pyridine rings is 1. The van der Waals surface area contributed by atoms with E-state index in [9.17, 15) is 4.79 Å². The van der Waals surface area contributed by atoms with Gasteiger partial charge >= 0.3 is 6.09 Å². The fourth-order valence-corrected chi connectivity index (χ4v) is 1.55. The first kappa shape index (κ1) is 15.8. The summed E-state index contributed by atoms with van der Waals surface area (Å²) in [6.07, 6.45) is 0.279. The summed E-state index contributed by atoms with van der Waals surface area (Å²) in [5, 5.41) is 2.67. The van der Waals surface area contributed by atoms with Gasteiger partial charge in [-0.3, -0.25) is 0 Å². The molecule has 0 aromatic carbocycles. The van der Waals surface area contributed by atoms with Gasteiger partial charge < -0.3 is 14.8 Å². The van der Waals surface area contributed by atoms with Crippen molar-refractivity contribution in [1.29, 1.82) is 0 Å². The summed E-state index contributed by atoms with van der Waals surface area (Å²) in [5.74, 6) is 0.562. The third-order valence-electron chi connectivity index (χ3n) is 1.93. The molecule has 0 unspecified atom stereocenters. The van der Waals surface area contributed by atoms with Crippen molar-refractivity contribution in [1.82, 2.24) is 10.3 Å². The van der Waals surface area contributed by atoms with Crippen molar-refractivity contribution < 1.29 is 14.3 Å². The molecule has 0 saturated carbocycles. The SMILES string of the molecule is CC(C)(C)OC(=O)NCCCOc1cccc(Br)n1. The Morgan fingerprint density at radius 2 is 2.16 bits per heavy atom. The van der Waals surface area contributed by atoms with E-state index in [1.54, 1.807) is 6.07 Å². The Labute approximate surface area is 121 Å². The van der Waals surface area contributed by atoms with Crippen LogP contribution in [0.15, 0.2) is 22.8 Å². The third-order valence-corrected chi connectivity index (χ3v) is 2.37. The molecular weight excluding hydrogens is 312 g/mol. The second-order valence-electron chi connectivity index (χ2n) is 4.93. The van der Waals surface area contributed by atoms with E-state index in [-0.39, 0.29) is 0 Å². The molecule has 0 fully saturated rings. The van der Waals surface area contributed by atoms with Crippen LogP contribution < -0.4 is 10.1 Å². The minimum atomic E-state index is -0.471. The van der Waals surface area contributed by atoms with Gasteiger partial charge in [0.2, 0.25) is 5.88 Å². The minimum absolute atomic E-state index is 0.409. The highest BCUT2D eigenvalue weighted by molar-refractivity contribution is 9.10. The summed E-state index contributed by atoms with van der Waals surface area (Å²) in [7, 11) is 0. The number of nitrogens with zero attached hydrogens (tertiary/aromatic N) is 1. The number of nitrogens with one attached hydrogen (secondary N) is 1. The molecule has 0 bridgehead atoms. The lowest BCUT2D eigenvalue weighted by Crippen LogP contribution is -2.33. The lowest BCUT2D eigenvalue weighted by molar-refractivity contribution is 0.0525. The number of hydrogen-bond acceptors (Lipinski definition) is 4. The van der Waals surface area contributed by atoms with E-state index < -0.39 is 11.7 Å². The summed E-state index contributed by atoms with van der Waals surface area (Å²) in [4.78, 5) is 15.5. The molecule has 5 nitrogen and oxygen atoms in total. The van der Waals surface area contributed by atoms with Crippen LogP contribution in [0.4, 0.5) is 4.79 Å². The van der Waals surface area contributed by atoms with Crippen LogP contribution in [0.2, 0.25) is 0 Å². The van der Waals surface area contributed by atoms with Crippen molar-refractivity contribution in [2.45, 2.75) is 32.8 Å². The Balaban J connectivity index is 2.13. The molecule has 0 aliphatic rings. The van der Waals surface area contributed by atoms with Crippen molar-refractivity contribution >= 4 is 22.0 Å². The van der Waals surface area contributed by atoms with E-state index in [4.69, 9.17) is 9.47 Å². The molecule has 1 heterocycles. The summed E-state index contributed by atoms with van der Waals surface area (Å²) in [6.45, 7) is 6.47. The van der Waals surface area contributed by atoms with Gasteiger partial charge in [0.05, 0.1) is 6.61 Å². The molecule has 1 rings (SSSR count). The van der Waals surface area contributed by atoms with Gasteiger partial charge in [-0.15, -0.1) is 0 Å². The lowest BCUT2D eigenvalue weighted by Gasteiger charge is -2.19. The quantitative estimate of drug-likeness (QED) is 0.665. The Morgan fingerprint density at radius 1 is 1.42 bits per heavy atom. The maximum absolute atomic E-state index is 11.3. The molecule has 19 heavy (non-hydrogen) atoms. The smallest absolute Gasteiger partial charge is 0.407 e. The van der Waals surface area contributed by atoms with E-state index in [1.807, 2.05) is 32.9 Å². The van der Waals surface area contributed by atoms with Gasteiger partial charge in [-0.25, -0.2) is 9.78 Å². The van der Waals surface area contributed by atoms with E-state index in [0.29, 0.717) is 25.5 Å². The average Bonchev–Trinajstić information content (AvgIpc) is 2.26. The molecule has 0 spiro atoms. The minimum Gasteiger partial charge on any atom is -0.478 e. The van der Waals surface area contributed by atoms with Gasteiger partial charge in [-0.1, -0.05) is 6.07 Å². The van der Waals surface area contributed by atoms with Gasteiger partial charge in [0.1, 0.15) is 10.2 Å². The number of ether oxygens (including phenoxy) is 2. The molecular formula is C13H19BrN2O3. The Morgan fingerprint density at radius 3 is 2.79 bits per heavy atom. The van der Waals surface area contributed by atoms with E-state index in [2.05, 4.69) is 26.2 Å². The highest BCUT2D eigenvalue weighted by Gasteiger charge is 2.15. The fourth-order valence-electron chi connectivity index (χ4n) is 1.22. The number of carbonyl (C=O) groups is 1. The van der Waals surface area contributed by atoms with Crippen LogP contribution in [0.5, 0.6) is 5.88 Å². The highest BCUT2D eigenvalue weighted by Crippen LogP contribution is 2.12. The second-order valence-corrected chi connectivity index (χ2v) is 5.74. The number of hydrogen-bond donors (Lipinski definition) is 1. The Hall–Kier alpha value is -1.30. The standard InChI is InChI=1S/C13H19BrN2O3/c1-13(2,3)19-12(17)15-8-5-9-18-11-7-4-6-10(14)16-11/h4,6-7H,5,8-9H2,1-3H3,(H,15,17). The zero-order valence-electron chi connectivity index (χ0n) is 11.4. The first-order valence-electron chi connectivity index (χ1n) is 6.09. The van der Waals surface area contributed by atoms with Crippen LogP contribution in [0.3, 0.4) is 0 Å². The molecule has 0 radical (unpaired) electrons. The number of rotatable bonds is 5. The van der Waals surface area contributed by atoms with Crippen molar-refractivity contribution in [2.75, 3.05) is 13.2 Å². The third kappa shape index (κ3) is 7.66. The van der Waals surface area contributed by atoms with Gasteiger partial charge in [0.25, 0.3) is 0 Å². The molecule has 0 aliphatic carbocycles. The molecule has 0 aliphatic heterocycles. The van der Waals surface area contributed by atoms with Crippen LogP contribution in [-0.4, -0.2) is 29.8 Å². The van der Waals surface area contributed by atoms with Crippen LogP contribution in [0.1, 0.15) is 27.2 Å². The van der Waals surface area contributed by atoms with Crippen molar-refractivity contribution in [3.8, 4) is 5.88 Å². The highest BCUT2D eigenvalue weighted by atomic mass is 79.9. The molecule has 0 atom stereocenters. The largest absolute Gasteiger partial charge is 0.478 e. The van der Waals surface area contributed by atoms with Crippen LogP contribution in [-0.2, 0) is 4.74 Å². The molecule has 1 aromatic heterocycles. The normalized spacial score (nSPS) is 10.9. The van der Waals surface area contributed by atoms with Crippen LogP contribution in [0.25, 0.3) is 0 Å². The topological polar surface area (TPSA) is 60.5 Å². The number of amides is 1. The average molecular weight is 331 g/mol. The maximum atomic E-state index is 11.3. The van der Waals surface area contributed by atoms with Crippen molar-refractivity contribution in [2.24, 2.45) is 0 Å². The number of halogens is 1. The number of aromatic nitrogens is 1. The summed E-state index contributed by atoms with van der Waals surface area (Å²) in [6, 6.07) is 5.47. The first-order chi connectivity index (χ1) is 8.87. The van der Waals surface area contributed by atoms with Gasteiger partial charge in [-0.05, 0) is 49.2 Å². The lowest BCUT2D eigenvalue weighted by atomic mass is 10.2. The summed E-state index contributed by atoms with van der Waals surface area (Å²) in [5.41, 5.74) is -0.471. The second kappa shape index (κ2) is 7.33. The molecule has 1 amide bonds. The maximum Gasteiger partial charge on any atom is 0.407 e.